The quantitative estimate of drug-likeness (QED) is 0.770. The number of benzene rings is 1. The van der Waals surface area contributed by atoms with Crippen molar-refractivity contribution in [2.45, 2.75) is 38.5 Å². The predicted octanol–water partition coefficient (Wildman–Crippen LogP) is 2.00. The zero-order valence-corrected chi connectivity index (χ0v) is 14.7. The van der Waals surface area contributed by atoms with Crippen LogP contribution in [0, 0.1) is 11.8 Å². The third kappa shape index (κ3) is 5.20. The number of carbonyl (C=O) groups is 1. The summed E-state index contributed by atoms with van der Waals surface area (Å²) in [5, 5.41) is 3.14. The highest BCUT2D eigenvalue weighted by Gasteiger charge is 2.28. The summed E-state index contributed by atoms with van der Waals surface area (Å²) in [5.74, 6) is 1.36. The van der Waals surface area contributed by atoms with Gasteiger partial charge in [-0.3, -0.25) is 4.79 Å². The Balaban J connectivity index is 1.33. The smallest absolute Gasteiger partial charge is 0.223 e. The van der Waals surface area contributed by atoms with Crippen LogP contribution in [0.1, 0.15) is 37.7 Å². The minimum Gasteiger partial charge on any atom is -0.356 e. The van der Waals surface area contributed by atoms with Gasteiger partial charge in [-0.25, -0.2) is 0 Å². The van der Waals surface area contributed by atoms with Gasteiger partial charge in [-0.15, -0.1) is 0 Å². The number of allylic oxidation sites excluding steroid dienone is 2. The molecule has 3 heteroatoms. The number of piperidine rings is 1. The van der Waals surface area contributed by atoms with E-state index >= 15 is 0 Å². The van der Waals surface area contributed by atoms with Crippen molar-refractivity contribution in [1.29, 1.82) is 0 Å². The predicted molar refractivity (Wildman–Crippen MR) is 97.9 cm³/mol. The van der Waals surface area contributed by atoms with Gasteiger partial charge in [-0.2, -0.15) is 0 Å². The molecular formula is C21H31N2O+. The number of likely N-dealkylation sites (tertiary alicyclic amines) is 1. The molecule has 1 amide bonds. The lowest BCUT2D eigenvalue weighted by Gasteiger charge is -2.31. The van der Waals surface area contributed by atoms with Crippen LogP contribution in [-0.4, -0.2) is 32.1 Å². The third-order valence-corrected chi connectivity index (χ3v) is 5.57. The molecule has 3 rings (SSSR count). The maximum absolute atomic E-state index is 12.4. The number of amides is 1. The van der Waals surface area contributed by atoms with Crippen LogP contribution in [0.2, 0.25) is 0 Å². The third-order valence-electron chi connectivity index (χ3n) is 5.57. The first-order valence-corrected chi connectivity index (χ1v) is 9.61. The Hall–Kier alpha value is -1.61. The first-order valence-electron chi connectivity index (χ1n) is 9.61. The Morgan fingerprint density at radius 1 is 1.08 bits per heavy atom. The van der Waals surface area contributed by atoms with Crippen molar-refractivity contribution < 1.29 is 9.69 Å². The van der Waals surface area contributed by atoms with Crippen LogP contribution in [0.5, 0.6) is 0 Å². The Labute approximate surface area is 146 Å². The maximum atomic E-state index is 12.4. The number of rotatable bonds is 6. The average molecular weight is 327 g/mol. The molecule has 130 valence electrons. The summed E-state index contributed by atoms with van der Waals surface area (Å²) in [6.45, 7) is 4.38. The molecule has 1 aromatic rings. The molecule has 24 heavy (non-hydrogen) atoms. The summed E-state index contributed by atoms with van der Waals surface area (Å²) in [6, 6.07) is 10.4. The number of quaternary nitrogens is 1. The molecule has 0 unspecified atom stereocenters. The lowest BCUT2D eigenvalue weighted by Crippen LogP contribution is -3.13. The van der Waals surface area contributed by atoms with Gasteiger partial charge in [-0.05, 0) is 31.2 Å². The van der Waals surface area contributed by atoms with Gasteiger partial charge in [0.25, 0.3) is 0 Å². The van der Waals surface area contributed by atoms with Gasteiger partial charge >= 0.3 is 0 Å². The van der Waals surface area contributed by atoms with Gasteiger partial charge in [0.2, 0.25) is 5.91 Å². The molecule has 1 saturated heterocycles. The van der Waals surface area contributed by atoms with Crippen LogP contribution in [0.25, 0.3) is 0 Å². The average Bonchev–Trinajstić information content (AvgIpc) is 2.64. The van der Waals surface area contributed by atoms with E-state index in [4.69, 9.17) is 0 Å². The van der Waals surface area contributed by atoms with Gasteiger partial charge in [0, 0.05) is 31.2 Å². The minimum absolute atomic E-state index is 0.232. The van der Waals surface area contributed by atoms with Crippen LogP contribution in [-0.2, 0) is 11.2 Å². The zero-order valence-electron chi connectivity index (χ0n) is 14.7. The summed E-state index contributed by atoms with van der Waals surface area (Å²) in [4.78, 5) is 14.1. The van der Waals surface area contributed by atoms with E-state index in [0.29, 0.717) is 0 Å². The van der Waals surface area contributed by atoms with Gasteiger partial charge in [0.1, 0.15) is 0 Å². The second kappa shape index (κ2) is 9.03. The molecule has 2 N–H and O–H groups in total. The molecule has 1 aliphatic heterocycles. The fraction of sp³-hybridized carbons (Fsp3) is 0.571. The van der Waals surface area contributed by atoms with Crippen molar-refractivity contribution in [1.82, 2.24) is 5.32 Å². The number of hydrogen-bond acceptors (Lipinski definition) is 1. The molecule has 3 nitrogen and oxygen atoms in total. The van der Waals surface area contributed by atoms with Crippen molar-refractivity contribution in [3.63, 3.8) is 0 Å². The Kier molecular flexibility index (Phi) is 6.48. The molecule has 1 aliphatic carbocycles. The highest BCUT2D eigenvalue weighted by Crippen LogP contribution is 2.17. The van der Waals surface area contributed by atoms with Gasteiger partial charge in [-0.1, -0.05) is 42.5 Å². The second-order valence-electron chi connectivity index (χ2n) is 7.41. The van der Waals surface area contributed by atoms with Crippen LogP contribution < -0.4 is 10.2 Å². The van der Waals surface area contributed by atoms with Crippen molar-refractivity contribution in [3.05, 3.63) is 48.0 Å². The first-order chi connectivity index (χ1) is 11.8. The van der Waals surface area contributed by atoms with Gasteiger partial charge < -0.3 is 10.2 Å². The topological polar surface area (TPSA) is 33.5 Å². The Bertz CT molecular complexity index is 532. The van der Waals surface area contributed by atoms with E-state index in [1.165, 1.54) is 31.4 Å². The summed E-state index contributed by atoms with van der Waals surface area (Å²) in [6.07, 6.45) is 11.6. The lowest BCUT2D eigenvalue weighted by molar-refractivity contribution is -0.909. The van der Waals surface area contributed by atoms with Gasteiger partial charge in [0.05, 0.1) is 19.6 Å². The molecule has 0 spiro atoms. The molecule has 2 aliphatic rings. The van der Waals surface area contributed by atoms with Crippen molar-refractivity contribution in [2.24, 2.45) is 11.8 Å². The van der Waals surface area contributed by atoms with Crippen LogP contribution >= 0.6 is 0 Å². The largest absolute Gasteiger partial charge is 0.356 e. The fourth-order valence-corrected chi connectivity index (χ4v) is 4.06. The van der Waals surface area contributed by atoms with E-state index in [-0.39, 0.29) is 11.8 Å². The molecule has 0 radical (unpaired) electrons. The fourth-order valence-electron chi connectivity index (χ4n) is 4.06. The van der Waals surface area contributed by atoms with Crippen molar-refractivity contribution in [3.8, 4) is 0 Å². The standard InChI is InChI=1S/C21H30N2O/c24-21(22-14-11-18-7-3-1-4-8-18)20-12-15-23(16-13-20)17-19-9-5-2-6-10-19/h1-5,7-8,19-20H,6,9-17H2,(H,22,24)/p+1/t19-/m0/s1. The second-order valence-corrected chi connectivity index (χ2v) is 7.41. The Morgan fingerprint density at radius 3 is 2.58 bits per heavy atom. The van der Waals surface area contributed by atoms with E-state index in [2.05, 4.69) is 41.7 Å². The minimum atomic E-state index is 0.232. The van der Waals surface area contributed by atoms with Crippen LogP contribution in [0.4, 0.5) is 0 Å². The molecule has 1 heterocycles. The monoisotopic (exact) mass is 327 g/mol. The highest BCUT2D eigenvalue weighted by molar-refractivity contribution is 5.78. The number of hydrogen-bond donors (Lipinski definition) is 2. The normalized spacial score (nSPS) is 26.9. The van der Waals surface area contributed by atoms with E-state index in [9.17, 15) is 4.79 Å². The Morgan fingerprint density at radius 2 is 1.88 bits per heavy atom. The summed E-state index contributed by atoms with van der Waals surface area (Å²) in [7, 11) is 0. The van der Waals surface area contributed by atoms with Crippen LogP contribution in [0.15, 0.2) is 42.5 Å². The first kappa shape index (κ1) is 17.2. The SMILES string of the molecule is O=C(NCCc1ccccc1)C1CC[NH+](C[C@H]2CC=CCC2)CC1. The van der Waals surface area contributed by atoms with E-state index in [1.807, 2.05) is 6.07 Å². The van der Waals surface area contributed by atoms with E-state index in [0.717, 1.165) is 44.8 Å². The number of carbonyl (C=O) groups excluding carboxylic acids is 1. The summed E-state index contributed by atoms with van der Waals surface area (Å²) >= 11 is 0. The van der Waals surface area contributed by atoms with Crippen molar-refractivity contribution >= 4 is 5.91 Å². The summed E-state index contributed by atoms with van der Waals surface area (Å²) < 4.78 is 0. The van der Waals surface area contributed by atoms with Gasteiger partial charge in [0.15, 0.2) is 0 Å². The van der Waals surface area contributed by atoms with E-state index < -0.39 is 0 Å². The molecule has 0 aromatic heterocycles. The van der Waals surface area contributed by atoms with E-state index in [1.54, 1.807) is 4.90 Å². The molecular weight excluding hydrogens is 296 g/mol. The molecule has 0 saturated carbocycles. The maximum Gasteiger partial charge on any atom is 0.223 e. The molecule has 1 atom stereocenters. The van der Waals surface area contributed by atoms with Crippen LogP contribution in [0.3, 0.4) is 0 Å². The highest BCUT2D eigenvalue weighted by atomic mass is 16.1. The van der Waals surface area contributed by atoms with Crippen molar-refractivity contribution in [2.75, 3.05) is 26.2 Å². The zero-order chi connectivity index (χ0) is 16.6. The molecule has 1 aromatic carbocycles. The summed E-state index contributed by atoms with van der Waals surface area (Å²) in [5.41, 5.74) is 1.29. The number of nitrogens with one attached hydrogen (secondary N) is 2. The lowest BCUT2D eigenvalue weighted by atomic mass is 9.91. The molecule has 1 fully saturated rings. The molecule has 0 bridgehead atoms.